The number of aliphatic hydroxyl groups is 1. The predicted molar refractivity (Wildman–Crippen MR) is 75.5 cm³/mol. The monoisotopic (exact) mass is 301 g/mol. The molecule has 2 unspecified atom stereocenters. The van der Waals surface area contributed by atoms with Crippen LogP contribution in [0.25, 0.3) is 11.1 Å². The third kappa shape index (κ3) is 2.17. The van der Waals surface area contributed by atoms with Gasteiger partial charge >= 0.3 is 5.97 Å². The lowest BCUT2D eigenvalue weighted by molar-refractivity contribution is -0.384. The molecule has 0 spiro atoms. The fraction of sp³-hybridized carbons (Fsp3) is 0.133. The molecule has 0 aliphatic carbocycles. The summed E-state index contributed by atoms with van der Waals surface area (Å²) in [5.74, 6) is -1.10. The highest BCUT2D eigenvalue weighted by molar-refractivity contribution is 5.80. The number of aliphatic hydroxyl groups excluding tert-OH is 1. The number of rotatable bonds is 3. The Hall–Kier alpha value is -2.93. The number of carbonyl (C=O) groups is 1. The first-order valence-corrected chi connectivity index (χ1v) is 6.44. The van der Waals surface area contributed by atoms with E-state index in [9.17, 15) is 20.0 Å². The van der Waals surface area contributed by atoms with E-state index in [1.807, 2.05) is 0 Å². The van der Waals surface area contributed by atoms with E-state index in [0.29, 0.717) is 22.4 Å². The lowest BCUT2D eigenvalue weighted by atomic mass is 9.90. The third-order valence-electron chi connectivity index (χ3n) is 3.53. The van der Waals surface area contributed by atoms with Gasteiger partial charge in [0.2, 0.25) is 0 Å². The van der Waals surface area contributed by atoms with Crippen LogP contribution in [0.5, 0.6) is 5.75 Å². The number of ether oxygens (including phenoxy) is 1. The average molecular weight is 301 g/mol. The summed E-state index contributed by atoms with van der Waals surface area (Å²) in [7, 11) is 0. The average Bonchev–Trinajstić information content (AvgIpc) is 2.52. The van der Waals surface area contributed by atoms with Gasteiger partial charge in [0, 0.05) is 23.3 Å². The molecule has 1 aliphatic rings. The molecule has 3 rings (SSSR count). The number of carboxylic acids is 1. The second-order valence-corrected chi connectivity index (χ2v) is 4.85. The minimum absolute atomic E-state index is 0.0885. The molecule has 7 nitrogen and oxygen atoms in total. The first kappa shape index (κ1) is 14.0. The van der Waals surface area contributed by atoms with Crippen molar-refractivity contribution in [1.82, 2.24) is 0 Å². The van der Waals surface area contributed by atoms with Gasteiger partial charge in [-0.1, -0.05) is 24.3 Å². The van der Waals surface area contributed by atoms with E-state index in [0.717, 1.165) is 0 Å². The highest BCUT2D eigenvalue weighted by atomic mass is 16.6. The number of nitro groups is 1. The number of aliphatic carboxylic acids is 1. The molecule has 0 bridgehead atoms. The maximum atomic E-state index is 11.0. The number of hydrogen-bond acceptors (Lipinski definition) is 5. The standard InChI is InChI=1S/C15H11NO6/c17-13(15(18)19)14-10-4-2-1-3-9(10)11-7-8(16(20)21)5-6-12(11)22-14/h1-7,13-14,17H,(H,18,19). The largest absolute Gasteiger partial charge is 0.482 e. The fourth-order valence-electron chi connectivity index (χ4n) is 2.50. The number of carboxylic acid groups (broad SMARTS) is 1. The van der Waals surface area contributed by atoms with Crippen molar-refractivity contribution in [3.05, 3.63) is 58.1 Å². The Morgan fingerprint density at radius 1 is 1.23 bits per heavy atom. The fourth-order valence-corrected chi connectivity index (χ4v) is 2.50. The summed E-state index contributed by atoms with van der Waals surface area (Å²) < 4.78 is 5.56. The maximum absolute atomic E-state index is 11.0. The molecule has 2 aromatic carbocycles. The molecule has 0 fully saturated rings. The van der Waals surface area contributed by atoms with Gasteiger partial charge in [0.15, 0.2) is 12.2 Å². The van der Waals surface area contributed by atoms with E-state index in [1.165, 1.54) is 18.2 Å². The van der Waals surface area contributed by atoms with Crippen LogP contribution in [0.15, 0.2) is 42.5 Å². The van der Waals surface area contributed by atoms with Crippen molar-refractivity contribution in [1.29, 1.82) is 0 Å². The normalized spacial score (nSPS) is 16.9. The first-order chi connectivity index (χ1) is 10.5. The summed E-state index contributed by atoms with van der Waals surface area (Å²) in [4.78, 5) is 21.4. The Balaban J connectivity index is 2.17. The Morgan fingerprint density at radius 3 is 2.64 bits per heavy atom. The highest BCUT2D eigenvalue weighted by Gasteiger charge is 2.35. The summed E-state index contributed by atoms with van der Waals surface area (Å²) in [6.07, 6.45) is -2.80. The molecular formula is C15H11NO6. The second kappa shape index (κ2) is 5.12. The minimum atomic E-state index is -1.73. The SMILES string of the molecule is O=C(O)C(O)C1Oc2ccc([N+](=O)[O-])cc2-c2ccccc21. The molecule has 0 amide bonds. The summed E-state index contributed by atoms with van der Waals surface area (Å²) in [6, 6.07) is 10.8. The molecular weight excluding hydrogens is 290 g/mol. The molecule has 0 aromatic heterocycles. The molecule has 0 saturated heterocycles. The van der Waals surface area contributed by atoms with Gasteiger partial charge in [-0.15, -0.1) is 0 Å². The van der Waals surface area contributed by atoms with Crippen LogP contribution in [0.4, 0.5) is 5.69 Å². The van der Waals surface area contributed by atoms with E-state index in [4.69, 9.17) is 9.84 Å². The lowest BCUT2D eigenvalue weighted by Crippen LogP contribution is -2.33. The van der Waals surface area contributed by atoms with E-state index in [2.05, 4.69) is 0 Å². The number of nitro benzene ring substituents is 1. The first-order valence-electron chi connectivity index (χ1n) is 6.44. The molecule has 112 valence electrons. The molecule has 2 aromatic rings. The summed E-state index contributed by atoms with van der Waals surface area (Å²) in [6.45, 7) is 0. The zero-order valence-electron chi connectivity index (χ0n) is 11.2. The molecule has 2 N–H and O–H groups in total. The van der Waals surface area contributed by atoms with Gasteiger partial charge < -0.3 is 14.9 Å². The molecule has 7 heteroatoms. The predicted octanol–water partition coefficient (Wildman–Crippen LogP) is 2.14. The smallest absolute Gasteiger partial charge is 0.336 e. The molecule has 0 radical (unpaired) electrons. The summed E-state index contributed by atoms with van der Waals surface area (Å²) in [5, 5.41) is 29.7. The van der Waals surface area contributed by atoms with Gasteiger partial charge in [0.05, 0.1) is 4.92 Å². The lowest BCUT2D eigenvalue weighted by Gasteiger charge is -2.30. The van der Waals surface area contributed by atoms with Gasteiger partial charge in [-0.05, 0) is 11.6 Å². The second-order valence-electron chi connectivity index (χ2n) is 4.85. The Bertz CT molecular complexity index is 772. The van der Waals surface area contributed by atoms with Gasteiger partial charge in [0.25, 0.3) is 5.69 Å². The van der Waals surface area contributed by atoms with Crippen molar-refractivity contribution in [2.45, 2.75) is 12.2 Å². The number of non-ortho nitro benzene ring substituents is 1. The number of hydrogen-bond donors (Lipinski definition) is 2. The van der Waals surface area contributed by atoms with Crippen molar-refractivity contribution < 1.29 is 24.7 Å². The van der Waals surface area contributed by atoms with Crippen LogP contribution in [0, 0.1) is 10.1 Å². The summed E-state index contributed by atoms with van der Waals surface area (Å²) >= 11 is 0. The van der Waals surface area contributed by atoms with Crippen molar-refractivity contribution >= 4 is 11.7 Å². The van der Waals surface area contributed by atoms with Crippen molar-refractivity contribution in [2.24, 2.45) is 0 Å². The van der Waals surface area contributed by atoms with Crippen molar-refractivity contribution in [2.75, 3.05) is 0 Å². The minimum Gasteiger partial charge on any atom is -0.482 e. The third-order valence-corrected chi connectivity index (χ3v) is 3.53. The van der Waals surface area contributed by atoms with Crippen LogP contribution in [-0.2, 0) is 4.79 Å². The quantitative estimate of drug-likeness (QED) is 0.664. The molecule has 22 heavy (non-hydrogen) atoms. The van der Waals surface area contributed by atoms with Crippen LogP contribution in [0.2, 0.25) is 0 Å². The van der Waals surface area contributed by atoms with E-state index >= 15 is 0 Å². The van der Waals surface area contributed by atoms with Crippen LogP contribution in [-0.4, -0.2) is 27.2 Å². The van der Waals surface area contributed by atoms with E-state index < -0.39 is 23.1 Å². The molecule has 2 atom stereocenters. The van der Waals surface area contributed by atoms with E-state index in [1.54, 1.807) is 24.3 Å². The zero-order valence-corrected chi connectivity index (χ0v) is 11.2. The Kier molecular flexibility index (Phi) is 3.26. The Labute approximate surface area is 124 Å². The molecule has 1 heterocycles. The topological polar surface area (TPSA) is 110 Å². The number of benzene rings is 2. The summed E-state index contributed by atoms with van der Waals surface area (Å²) in [5.41, 5.74) is 1.50. The van der Waals surface area contributed by atoms with Gasteiger partial charge in [-0.3, -0.25) is 10.1 Å². The van der Waals surface area contributed by atoms with Crippen LogP contribution in [0.3, 0.4) is 0 Å². The zero-order chi connectivity index (χ0) is 15.9. The highest BCUT2D eigenvalue weighted by Crippen LogP contribution is 2.44. The van der Waals surface area contributed by atoms with Gasteiger partial charge in [-0.25, -0.2) is 4.79 Å². The molecule has 1 aliphatic heterocycles. The number of fused-ring (bicyclic) bond motifs is 3. The van der Waals surface area contributed by atoms with Crippen LogP contribution >= 0.6 is 0 Å². The van der Waals surface area contributed by atoms with Crippen LogP contribution < -0.4 is 4.74 Å². The van der Waals surface area contributed by atoms with Gasteiger partial charge in [0.1, 0.15) is 5.75 Å². The maximum Gasteiger partial charge on any atom is 0.336 e. The molecule has 0 saturated carbocycles. The van der Waals surface area contributed by atoms with E-state index in [-0.39, 0.29) is 5.69 Å². The van der Waals surface area contributed by atoms with Gasteiger partial charge in [-0.2, -0.15) is 0 Å². The number of nitrogens with zero attached hydrogens (tertiary/aromatic N) is 1. The Morgan fingerprint density at radius 2 is 1.95 bits per heavy atom. The van der Waals surface area contributed by atoms with Crippen molar-refractivity contribution in [3.8, 4) is 16.9 Å². The van der Waals surface area contributed by atoms with Crippen molar-refractivity contribution in [3.63, 3.8) is 0 Å². The van der Waals surface area contributed by atoms with Crippen LogP contribution in [0.1, 0.15) is 11.7 Å².